The maximum atomic E-state index is 11.2. The number of ether oxygens (including phenoxy) is 2. The molecular formula is C29H24O3. The lowest BCUT2D eigenvalue weighted by atomic mass is 9.85. The molecule has 0 saturated carbocycles. The van der Waals surface area contributed by atoms with E-state index in [4.69, 9.17) is 9.47 Å². The van der Waals surface area contributed by atoms with Crippen molar-refractivity contribution in [2.45, 2.75) is 0 Å². The summed E-state index contributed by atoms with van der Waals surface area (Å²) in [6.07, 6.45) is 0.865. The Bertz CT molecular complexity index is 1150. The average molecular weight is 421 g/mol. The standard InChI is InChI=1S/C29H24O3/c1-31-26-16-12-24(13-17-26)29(25-14-18-27(32-2)19-15-25)28(22-6-4-3-5-7-22)23-10-8-21(20-30)9-11-23/h3-20H,1-2H3. The van der Waals surface area contributed by atoms with Crippen molar-refractivity contribution in [2.75, 3.05) is 14.2 Å². The minimum Gasteiger partial charge on any atom is -0.497 e. The first kappa shape index (κ1) is 21.1. The van der Waals surface area contributed by atoms with Gasteiger partial charge in [0.25, 0.3) is 0 Å². The third kappa shape index (κ3) is 4.47. The Morgan fingerprint density at radius 3 is 1.28 bits per heavy atom. The summed E-state index contributed by atoms with van der Waals surface area (Å²) in [5.41, 5.74) is 7.07. The summed E-state index contributed by atoms with van der Waals surface area (Å²) in [7, 11) is 3.33. The van der Waals surface area contributed by atoms with E-state index in [0.29, 0.717) is 5.56 Å². The predicted octanol–water partition coefficient (Wildman–Crippen LogP) is 6.52. The van der Waals surface area contributed by atoms with Crippen molar-refractivity contribution in [3.05, 3.63) is 131 Å². The Morgan fingerprint density at radius 2 is 0.906 bits per heavy atom. The minimum absolute atomic E-state index is 0.650. The molecule has 0 radical (unpaired) electrons. The maximum absolute atomic E-state index is 11.2. The highest BCUT2D eigenvalue weighted by molar-refractivity contribution is 6.04. The molecule has 0 fully saturated rings. The average Bonchev–Trinajstić information content (AvgIpc) is 2.88. The molecule has 4 aromatic carbocycles. The summed E-state index contributed by atoms with van der Waals surface area (Å²) >= 11 is 0. The van der Waals surface area contributed by atoms with Crippen LogP contribution in [-0.2, 0) is 0 Å². The van der Waals surface area contributed by atoms with E-state index in [1.807, 2.05) is 66.7 Å². The molecule has 0 unspecified atom stereocenters. The Hall–Kier alpha value is -4.11. The highest BCUT2D eigenvalue weighted by atomic mass is 16.5. The topological polar surface area (TPSA) is 35.5 Å². The molecule has 0 bridgehead atoms. The van der Waals surface area contributed by atoms with Crippen molar-refractivity contribution in [1.29, 1.82) is 0 Å². The van der Waals surface area contributed by atoms with Gasteiger partial charge in [-0.1, -0.05) is 78.9 Å². The number of methoxy groups -OCH3 is 2. The molecule has 3 heteroatoms. The minimum atomic E-state index is 0.650. The molecule has 0 N–H and O–H groups in total. The van der Waals surface area contributed by atoms with Crippen LogP contribution >= 0.6 is 0 Å². The van der Waals surface area contributed by atoms with Crippen molar-refractivity contribution in [1.82, 2.24) is 0 Å². The lowest BCUT2D eigenvalue weighted by Gasteiger charge is -2.18. The van der Waals surface area contributed by atoms with Crippen LogP contribution in [0.2, 0.25) is 0 Å². The predicted molar refractivity (Wildman–Crippen MR) is 129 cm³/mol. The van der Waals surface area contributed by atoms with E-state index in [1.165, 1.54) is 0 Å². The van der Waals surface area contributed by atoms with E-state index < -0.39 is 0 Å². The Labute approximate surface area is 188 Å². The van der Waals surface area contributed by atoms with Gasteiger partial charge in [0, 0.05) is 5.56 Å². The summed E-state index contributed by atoms with van der Waals surface area (Å²) in [6.45, 7) is 0. The van der Waals surface area contributed by atoms with Crippen LogP contribution in [0, 0.1) is 0 Å². The zero-order valence-electron chi connectivity index (χ0n) is 18.1. The van der Waals surface area contributed by atoms with Gasteiger partial charge in [-0.25, -0.2) is 0 Å². The Kier molecular flexibility index (Phi) is 6.47. The van der Waals surface area contributed by atoms with Crippen LogP contribution < -0.4 is 9.47 Å². The first-order valence-electron chi connectivity index (χ1n) is 10.4. The van der Waals surface area contributed by atoms with E-state index in [-0.39, 0.29) is 0 Å². The van der Waals surface area contributed by atoms with E-state index in [9.17, 15) is 4.79 Å². The normalized spacial score (nSPS) is 10.3. The fourth-order valence-electron chi connectivity index (χ4n) is 3.76. The van der Waals surface area contributed by atoms with Gasteiger partial charge in [0.2, 0.25) is 0 Å². The molecule has 0 amide bonds. The fraction of sp³-hybridized carbons (Fsp3) is 0.0690. The number of rotatable bonds is 7. The van der Waals surface area contributed by atoms with E-state index in [1.54, 1.807) is 14.2 Å². The first-order chi connectivity index (χ1) is 15.7. The summed E-state index contributed by atoms with van der Waals surface area (Å²) in [6, 6.07) is 34.2. The smallest absolute Gasteiger partial charge is 0.150 e. The van der Waals surface area contributed by atoms with Gasteiger partial charge in [0.05, 0.1) is 14.2 Å². The number of benzene rings is 4. The van der Waals surface area contributed by atoms with Gasteiger partial charge < -0.3 is 9.47 Å². The van der Waals surface area contributed by atoms with Gasteiger partial charge in [-0.05, 0) is 57.7 Å². The zero-order valence-corrected chi connectivity index (χ0v) is 18.1. The van der Waals surface area contributed by atoms with Crippen molar-refractivity contribution >= 4 is 17.4 Å². The van der Waals surface area contributed by atoms with Gasteiger partial charge in [-0.15, -0.1) is 0 Å². The lowest BCUT2D eigenvalue weighted by Crippen LogP contribution is -1.98. The van der Waals surface area contributed by atoms with Crippen LogP contribution in [0.1, 0.15) is 32.6 Å². The van der Waals surface area contributed by atoms with Crippen molar-refractivity contribution in [3.63, 3.8) is 0 Å². The van der Waals surface area contributed by atoms with Gasteiger partial charge in [0.15, 0.2) is 0 Å². The second-order valence-electron chi connectivity index (χ2n) is 7.31. The molecule has 0 aromatic heterocycles. The molecule has 0 aliphatic rings. The molecule has 158 valence electrons. The highest BCUT2D eigenvalue weighted by Gasteiger charge is 2.16. The molecule has 4 rings (SSSR count). The van der Waals surface area contributed by atoms with Gasteiger partial charge in [-0.3, -0.25) is 4.79 Å². The lowest BCUT2D eigenvalue weighted by molar-refractivity contribution is 0.112. The molecule has 0 aliphatic heterocycles. The molecule has 0 aliphatic carbocycles. The van der Waals surface area contributed by atoms with Crippen molar-refractivity contribution in [3.8, 4) is 11.5 Å². The van der Waals surface area contributed by atoms with Gasteiger partial charge in [0.1, 0.15) is 17.8 Å². The highest BCUT2D eigenvalue weighted by Crippen LogP contribution is 2.37. The van der Waals surface area contributed by atoms with Crippen LogP contribution in [0.3, 0.4) is 0 Å². The monoisotopic (exact) mass is 420 g/mol. The van der Waals surface area contributed by atoms with E-state index in [2.05, 4.69) is 36.4 Å². The zero-order chi connectivity index (χ0) is 22.3. The summed E-state index contributed by atoms with van der Waals surface area (Å²) < 4.78 is 10.7. The summed E-state index contributed by atoms with van der Waals surface area (Å²) in [5, 5.41) is 0. The molecule has 3 nitrogen and oxygen atoms in total. The number of carbonyl (C=O) groups is 1. The van der Waals surface area contributed by atoms with Crippen LogP contribution in [0.15, 0.2) is 103 Å². The fourth-order valence-corrected chi connectivity index (χ4v) is 3.76. The molecular weight excluding hydrogens is 396 g/mol. The number of aldehydes is 1. The molecule has 4 aromatic rings. The summed E-state index contributed by atoms with van der Waals surface area (Å²) in [4.78, 5) is 11.2. The van der Waals surface area contributed by atoms with Gasteiger partial charge in [-0.2, -0.15) is 0 Å². The van der Waals surface area contributed by atoms with Crippen LogP contribution in [0.25, 0.3) is 11.1 Å². The Balaban J connectivity index is 2.03. The Morgan fingerprint density at radius 1 is 0.531 bits per heavy atom. The maximum Gasteiger partial charge on any atom is 0.150 e. The SMILES string of the molecule is COc1ccc(C(=C(c2ccccc2)c2ccc(C=O)cc2)c2ccc(OC)cc2)cc1. The quantitative estimate of drug-likeness (QED) is 0.252. The largest absolute Gasteiger partial charge is 0.497 e. The van der Waals surface area contributed by atoms with Crippen molar-refractivity contribution in [2.24, 2.45) is 0 Å². The van der Waals surface area contributed by atoms with Crippen LogP contribution in [0.4, 0.5) is 0 Å². The molecule has 0 atom stereocenters. The first-order valence-corrected chi connectivity index (χ1v) is 10.4. The van der Waals surface area contributed by atoms with Crippen LogP contribution in [0.5, 0.6) is 11.5 Å². The second kappa shape index (κ2) is 9.80. The number of hydrogen-bond donors (Lipinski definition) is 0. The molecule has 32 heavy (non-hydrogen) atoms. The van der Waals surface area contributed by atoms with E-state index in [0.717, 1.165) is 51.2 Å². The second-order valence-corrected chi connectivity index (χ2v) is 7.31. The van der Waals surface area contributed by atoms with E-state index >= 15 is 0 Å². The summed E-state index contributed by atoms with van der Waals surface area (Å²) in [5.74, 6) is 1.61. The molecule has 0 heterocycles. The number of hydrogen-bond acceptors (Lipinski definition) is 3. The number of carbonyl (C=O) groups excluding carboxylic acids is 1. The van der Waals surface area contributed by atoms with Gasteiger partial charge >= 0.3 is 0 Å². The van der Waals surface area contributed by atoms with Crippen molar-refractivity contribution < 1.29 is 14.3 Å². The molecule has 0 spiro atoms. The third-order valence-corrected chi connectivity index (χ3v) is 5.41. The molecule has 0 saturated heterocycles. The van der Waals surface area contributed by atoms with Crippen LogP contribution in [-0.4, -0.2) is 20.5 Å². The third-order valence-electron chi connectivity index (χ3n) is 5.41.